The molecule has 1 aromatic heterocycles. The van der Waals surface area contributed by atoms with Crippen LogP contribution in [0.25, 0.3) is 10.8 Å². The van der Waals surface area contributed by atoms with Crippen LogP contribution in [0.4, 0.5) is 0 Å². The largest absolute Gasteiger partial charge is 0.506 e. The van der Waals surface area contributed by atoms with Crippen LogP contribution in [0, 0.1) is 0 Å². The Bertz CT molecular complexity index is 1320. The minimum Gasteiger partial charge on any atom is -0.506 e. The average molecular weight is 479 g/mol. The monoisotopic (exact) mass is 478 g/mol. The van der Waals surface area contributed by atoms with Gasteiger partial charge in [-0.05, 0) is 53.4 Å². The third-order valence-electron chi connectivity index (χ3n) is 5.11. The van der Waals surface area contributed by atoms with Crippen LogP contribution in [0.15, 0.2) is 84.2 Å². The minimum absolute atomic E-state index is 0. The molecule has 3 aromatic carbocycles. The first-order chi connectivity index (χ1) is 16.6. The Hall–Kier alpha value is -3.94. The second kappa shape index (κ2) is 11.3. The molecule has 34 heavy (non-hydrogen) atoms. The van der Waals surface area contributed by atoms with Crippen LogP contribution in [0.3, 0.4) is 0 Å². The number of fused-ring (bicyclic) bond motifs is 1. The summed E-state index contributed by atoms with van der Waals surface area (Å²) in [6, 6.07) is 19.8. The van der Waals surface area contributed by atoms with Gasteiger partial charge in [-0.25, -0.2) is 5.43 Å². The number of carbonyl (C=O) groups is 1. The Labute approximate surface area is 205 Å². The Morgan fingerprint density at radius 1 is 1.09 bits per heavy atom. The maximum absolute atomic E-state index is 12.3. The first-order valence-corrected chi connectivity index (χ1v) is 11.1. The van der Waals surface area contributed by atoms with Crippen molar-refractivity contribution in [3.05, 3.63) is 101 Å². The minimum atomic E-state index is -0.429. The lowest BCUT2D eigenvalue weighted by molar-refractivity contribution is 0.0955. The number of phenols is 1. The summed E-state index contributed by atoms with van der Waals surface area (Å²) in [5.41, 5.74) is 4.79. The molecule has 0 spiro atoms. The molecule has 0 saturated carbocycles. The molecule has 0 aliphatic heterocycles. The van der Waals surface area contributed by atoms with Gasteiger partial charge in [0, 0.05) is 44.8 Å². The Morgan fingerprint density at radius 3 is 2.68 bits per heavy atom. The van der Waals surface area contributed by atoms with Crippen molar-refractivity contribution in [3.8, 4) is 11.5 Å². The highest BCUT2D eigenvalue weighted by molar-refractivity contribution is 6.32. The molecule has 1 amide bonds. The summed E-state index contributed by atoms with van der Waals surface area (Å²) in [6.45, 7) is 1.98. The predicted molar refractivity (Wildman–Crippen MR) is 138 cm³/mol. The van der Waals surface area contributed by atoms with E-state index in [4.69, 9.17) is 16.3 Å². The highest BCUT2D eigenvalue weighted by Crippen LogP contribution is 2.28. The summed E-state index contributed by atoms with van der Waals surface area (Å²) in [6.07, 6.45) is 5.14. The molecule has 1 heterocycles. The molecule has 4 aromatic rings. The van der Waals surface area contributed by atoms with Crippen LogP contribution in [0.1, 0.15) is 24.3 Å². The van der Waals surface area contributed by atoms with E-state index in [0.29, 0.717) is 18.7 Å². The lowest BCUT2D eigenvalue weighted by Crippen LogP contribution is -2.20. The molecule has 3 N–H and O–H groups in total. The van der Waals surface area contributed by atoms with E-state index in [9.17, 15) is 9.90 Å². The lowest BCUT2D eigenvalue weighted by Gasteiger charge is -2.12. The number of halogens is 1. The maximum Gasteiger partial charge on any atom is 0.271 e. The third-order valence-corrected chi connectivity index (χ3v) is 5.42. The van der Waals surface area contributed by atoms with Gasteiger partial charge in [0.05, 0.1) is 11.2 Å². The van der Waals surface area contributed by atoms with Crippen molar-refractivity contribution >= 4 is 34.5 Å². The number of hydrogen-bond acceptors (Lipinski definition) is 6. The van der Waals surface area contributed by atoms with Crippen LogP contribution in [0.5, 0.6) is 11.5 Å². The zero-order valence-electron chi connectivity index (χ0n) is 18.2. The van der Waals surface area contributed by atoms with Crippen molar-refractivity contribution < 1.29 is 17.5 Å². The lowest BCUT2D eigenvalue weighted by atomic mass is 10.0. The summed E-state index contributed by atoms with van der Waals surface area (Å²) in [5, 5.41) is 18.9. The topological polar surface area (TPSA) is 95.8 Å². The molecule has 0 radical (unpaired) electrons. The molecule has 8 heteroatoms. The van der Waals surface area contributed by atoms with E-state index in [0.717, 1.165) is 28.6 Å². The second-order valence-electron chi connectivity index (χ2n) is 7.44. The third kappa shape index (κ3) is 5.89. The number of ether oxygens (including phenoxy) is 1. The van der Waals surface area contributed by atoms with Crippen LogP contribution in [-0.2, 0) is 6.54 Å². The van der Waals surface area contributed by atoms with Crippen LogP contribution >= 0.6 is 11.6 Å². The Morgan fingerprint density at radius 2 is 1.88 bits per heavy atom. The van der Waals surface area contributed by atoms with Gasteiger partial charge in [-0.15, -0.1) is 0 Å². The quantitative estimate of drug-likeness (QED) is 0.178. The summed E-state index contributed by atoms with van der Waals surface area (Å²) in [4.78, 5) is 16.3. The van der Waals surface area contributed by atoms with Crippen molar-refractivity contribution in [1.82, 2.24) is 15.7 Å². The normalized spacial score (nSPS) is 11.1. The summed E-state index contributed by atoms with van der Waals surface area (Å²) < 4.78 is 6.01. The molecule has 0 aliphatic rings. The van der Waals surface area contributed by atoms with Crippen molar-refractivity contribution in [2.24, 2.45) is 5.10 Å². The maximum atomic E-state index is 12.3. The number of hydrazone groups is 1. The standard InChI is InChI=1S/C26H23ClN4O3.2H2/c27-23-15-19(5-7-24(23)32)26(33)31-30-17-20-6-8-25(22-4-2-1-3-21(20)22)34-14-13-29-16-18-9-11-28-12-10-18;;/h1-12,15,17,29,32H,13-14,16H2,(H,31,33);2*1H/b30-17+;;. The van der Waals surface area contributed by atoms with Gasteiger partial charge in [0.2, 0.25) is 0 Å². The molecule has 7 nitrogen and oxygen atoms in total. The number of carbonyl (C=O) groups excluding carboxylic acids is 1. The molecule has 0 unspecified atom stereocenters. The van der Waals surface area contributed by atoms with E-state index in [2.05, 4.69) is 20.8 Å². The molecule has 0 fully saturated rings. The number of hydrogen-bond donors (Lipinski definition) is 3. The number of benzene rings is 3. The second-order valence-corrected chi connectivity index (χ2v) is 7.85. The zero-order chi connectivity index (χ0) is 23.8. The Balaban J connectivity index is 0.00000228. The van der Waals surface area contributed by atoms with Gasteiger partial charge >= 0.3 is 0 Å². The van der Waals surface area contributed by atoms with Gasteiger partial charge in [-0.1, -0.05) is 35.9 Å². The highest BCUT2D eigenvalue weighted by Gasteiger charge is 2.08. The number of nitrogens with zero attached hydrogens (tertiary/aromatic N) is 2. The van der Waals surface area contributed by atoms with Crippen molar-refractivity contribution in [2.75, 3.05) is 13.2 Å². The smallest absolute Gasteiger partial charge is 0.271 e. The van der Waals surface area contributed by atoms with E-state index in [1.807, 2.05) is 48.5 Å². The van der Waals surface area contributed by atoms with Gasteiger partial charge in [-0.3, -0.25) is 9.78 Å². The van der Waals surface area contributed by atoms with Gasteiger partial charge in [0.15, 0.2) is 0 Å². The molecule has 0 saturated heterocycles. The molecule has 176 valence electrons. The average Bonchev–Trinajstić information content (AvgIpc) is 2.87. The molecule has 0 bridgehead atoms. The fourth-order valence-electron chi connectivity index (χ4n) is 3.37. The van der Waals surface area contributed by atoms with E-state index < -0.39 is 5.91 Å². The van der Waals surface area contributed by atoms with Crippen LogP contribution in [-0.4, -0.2) is 35.4 Å². The summed E-state index contributed by atoms with van der Waals surface area (Å²) >= 11 is 5.86. The van der Waals surface area contributed by atoms with E-state index in [-0.39, 0.29) is 13.6 Å². The summed E-state index contributed by atoms with van der Waals surface area (Å²) in [5.74, 6) is 0.267. The number of phenolic OH excluding ortho intramolecular Hbond substituents is 1. The van der Waals surface area contributed by atoms with Crippen LogP contribution < -0.4 is 15.5 Å². The van der Waals surface area contributed by atoms with E-state index in [1.165, 1.54) is 23.8 Å². The Kier molecular flexibility index (Phi) is 7.70. The number of pyridine rings is 1. The van der Waals surface area contributed by atoms with Gasteiger partial charge < -0.3 is 15.2 Å². The first-order valence-electron chi connectivity index (χ1n) is 10.7. The van der Waals surface area contributed by atoms with Crippen molar-refractivity contribution in [2.45, 2.75) is 6.54 Å². The van der Waals surface area contributed by atoms with Gasteiger partial charge in [0.25, 0.3) is 5.91 Å². The molecular formula is C26H27ClN4O3. The highest BCUT2D eigenvalue weighted by atomic mass is 35.5. The number of aromatic nitrogens is 1. The number of aromatic hydroxyl groups is 1. The van der Waals surface area contributed by atoms with E-state index in [1.54, 1.807) is 18.6 Å². The molecule has 0 aliphatic carbocycles. The first kappa shape index (κ1) is 23.2. The molecule has 0 atom stereocenters. The van der Waals surface area contributed by atoms with Crippen LogP contribution in [0.2, 0.25) is 5.02 Å². The summed E-state index contributed by atoms with van der Waals surface area (Å²) in [7, 11) is 0. The fourth-order valence-corrected chi connectivity index (χ4v) is 3.55. The van der Waals surface area contributed by atoms with Gasteiger partial charge in [-0.2, -0.15) is 5.10 Å². The van der Waals surface area contributed by atoms with Gasteiger partial charge in [0.1, 0.15) is 18.1 Å². The number of nitrogens with one attached hydrogen (secondary N) is 2. The zero-order valence-corrected chi connectivity index (χ0v) is 19.0. The van der Waals surface area contributed by atoms with Crippen molar-refractivity contribution in [3.63, 3.8) is 0 Å². The predicted octanol–water partition coefficient (Wildman–Crippen LogP) is 5.02. The SMILES string of the molecule is O=C(N/N=C/c1ccc(OCCNCc2ccncc2)c2ccccc12)c1ccc(O)c(Cl)c1.[HH].[HH]. The molecular weight excluding hydrogens is 452 g/mol. The molecule has 4 rings (SSSR count). The fraction of sp³-hybridized carbons (Fsp3) is 0.115. The number of rotatable bonds is 9. The van der Waals surface area contributed by atoms with E-state index >= 15 is 0 Å². The van der Waals surface area contributed by atoms with Crippen molar-refractivity contribution in [1.29, 1.82) is 0 Å². The number of amides is 1.